The number of piperidine rings is 1. The predicted octanol–water partition coefficient (Wildman–Crippen LogP) is 2.74. The van der Waals surface area contributed by atoms with Crippen molar-refractivity contribution in [2.45, 2.75) is 57.3 Å². The van der Waals surface area contributed by atoms with Crippen LogP contribution in [0.5, 0.6) is 0 Å². The van der Waals surface area contributed by atoms with Gasteiger partial charge in [-0.3, -0.25) is 4.79 Å². The van der Waals surface area contributed by atoms with Gasteiger partial charge >= 0.3 is 6.18 Å². The van der Waals surface area contributed by atoms with E-state index in [2.05, 4.69) is 0 Å². The fourth-order valence-electron chi connectivity index (χ4n) is 4.68. The van der Waals surface area contributed by atoms with Crippen molar-refractivity contribution in [3.63, 3.8) is 0 Å². The van der Waals surface area contributed by atoms with Gasteiger partial charge in [0.15, 0.2) is 0 Å². The lowest BCUT2D eigenvalue weighted by Gasteiger charge is -2.66. The third kappa shape index (κ3) is 2.72. The van der Waals surface area contributed by atoms with E-state index in [4.69, 9.17) is 10.5 Å². The second-order valence-corrected chi connectivity index (χ2v) is 7.74. The van der Waals surface area contributed by atoms with Gasteiger partial charge < -0.3 is 15.4 Å². The van der Waals surface area contributed by atoms with E-state index in [1.54, 1.807) is 0 Å². The van der Waals surface area contributed by atoms with E-state index < -0.39 is 23.0 Å². The summed E-state index contributed by atoms with van der Waals surface area (Å²) in [6, 6.07) is 0. The van der Waals surface area contributed by atoms with E-state index >= 15 is 0 Å². The first-order valence-electron chi connectivity index (χ1n) is 8.36. The third-order valence-electron chi connectivity index (χ3n) is 6.28. The molecule has 0 aromatic carbocycles. The summed E-state index contributed by atoms with van der Waals surface area (Å²) in [7, 11) is 0. The van der Waals surface area contributed by atoms with Gasteiger partial charge in [0, 0.05) is 31.0 Å². The average Bonchev–Trinajstić information content (AvgIpc) is 2.52. The number of likely N-dealkylation sites (tertiary alicyclic amines) is 1. The number of hydrogen-bond acceptors (Lipinski definition) is 3. The second-order valence-electron chi connectivity index (χ2n) is 7.74. The van der Waals surface area contributed by atoms with Crippen LogP contribution >= 0.6 is 12.4 Å². The Morgan fingerprint density at radius 2 is 1.79 bits per heavy atom. The number of alkyl halides is 3. The summed E-state index contributed by atoms with van der Waals surface area (Å²) in [6.07, 6.45) is -2.55. The molecule has 0 radical (unpaired) electrons. The molecule has 140 valence electrons. The smallest absolute Gasteiger partial charge is 0.377 e. The molecule has 0 aromatic heterocycles. The SMILES string of the molecule is CC1(C)C2OCCCC2C1(N)C(=O)N1CCC(C(F)(F)F)CC1.Cl. The van der Waals surface area contributed by atoms with Crippen LogP contribution in [-0.2, 0) is 9.53 Å². The molecule has 1 aliphatic carbocycles. The zero-order valence-electron chi connectivity index (χ0n) is 14.1. The lowest BCUT2D eigenvalue weighted by molar-refractivity contribution is -0.232. The van der Waals surface area contributed by atoms with E-state index in [0.29, 0.717) is 6.61 Å². The molecule has 3 atom stereocenters. The Labute approximate surface area is 146 Å². The Morgan fingerprint density at radius 3 is 2.33 bits per heavy atom. The highest BCUT2D eigenvalue weighted by molar-refractivity contribution is 5.89. The molecule has 2 aliphatic heterocycles. The number of nitrogens with zero attached hydrogens (tertiary/aromatic N) is 1. The van der Waals surface area contributed by atoms with E-state index in [9.17, 15) is 18.0 Å². The lowest BCUT2D eigenvalue weighted by Crippen LogP contribution is -2.82. The molecule has 0 bridgehead atoms. The van der Waals surface area contributed by atoms with Gasteiger partial charge in [-0.25, -0.2) is 0 Å². The number of fused-ring (bicyclic) bond motifs is 1. The van der Waals surface area contributed by atoms with Crippen molar-refractivity contribution in [2.75, 3.05) is 19.7 Å². The van der Waals surface area contributed by atoms with Gasteiger partial charge in [0.25, 0.3) is 0 Å². The molecule has 0 spiro atoms. The van der Waals surface area contributed by atoms with Crippen molar-refractivity contribution in [3.8, 4) is 0 Å². The number of nitrogens with two attached hydrogens (primary N) is 1. The molecule has 3 rings (SSSR count). The van der Waals surface area contributed by atoms with Gasteiger partial charge in [-0.1, -0.05) is 13.8 Å². The highest BCUT2D eigenvalue weighted by Gasteiger charge is 2.71. The van der Waals surface area contributed by atoms with Crippen LogP contribution in [-0.4, -0.2) is 48.3 Å². The standard InChI is InChI=1S/C16H25F3N2O2.ClH/c1-14(2)12-11(4-3-9-23-12)15(14,20)13(22)21-7-5-10(6-8-21)16(17,18)19;/h10-12H,3-9,20H2,1-2H3;1H. The molecule has 2 heterocycles. The first-order chi connectivity index (χ1) is 10.6. The molecule has 24 heavy (non-hydrogen) atoms. The summed E-state index contributed by atoms with van der Waals surface area (Å²) in [6.45, 7) is 4.82. The zero-order valence-corrected chi connectivity index (χ0v) is 14.9. The normalized spacial score (nSPS) is 36.3. The van der Waals surface area contributed by atoms with Crippen LogP contribution < -0.4 is 5.73 Å². The summed E-state index contributed by atoms with van der Waals surface area (Å²) < 4.78 is 44.1. The van der Waals surface area contributed by atoms with Gasteiger partial charge in [-0.2, -0.15) is 13.2 Å². The minimum atomic E-state index is -4.17. The topological polar surface area (TPSA) is 55.6 Å². The summed E-state index contributed by atoms with van der Waals surface area (Å²) >= 11 is 0. The van der Waals surface area contributed by atoms with Crippen LogP contribution in [0, 0.1) is 17.3 Å². The number of ether oxygens (including phenoxy) is 1. The Balaban J connectivity index is 0.00000208. The molecule has 3 aliphatic rings. The lowest BCUT2D eigenvalue weighted by atomic mass is 9.46. The Hall–Kier alpha value is -0.530. The van der Waals surface area contributed by atoms with Crippen LogP contribution in [0.15, 0.2) is 0 Å². The van der Waals surface area contributed by atoms with Crippen molar-refractivity contribution < 1.29 is 22.7 Å². The maximum Gasteiger partial charge on any atom is 0.391 e. The van der Waals surface area contributed by atoms with Gasteiger partial charge in [-0.15, -0.1) is 12.4 Å². The van der Waals surface area contributed by atoms with Gasteiger partial charge in [0.1, 0.15) is 5.54 Å². The van der Waals surface area contributed by atoms with Crippen LogP contribution in [0.4, 0.5) is 13.2 Å². The molecule has 3 fully saturated rings. The zero-order chi connectivity index (χ0) is 17.0. The van der Waals surface area contributed by atoms with Gasteiger partial charge in [0.2, 0.25) is 5.91 Å². The molecular formula is C16H26ClF3N2O2. The van der Waals surface area contributed by atoms with E-state index in [-0.39, 0.29) is 56.3 Å². The van der Waals surface area contributed by atoms with Crippen LogP contribution in [0.2, 0.25) is 0 Å². The number of amides is 1. The van der Waals surface area contributed by atoms with E-state index in [1.165, 1.54) is 4.90 Å². The second kappa shape index (κ2) is 6.32. The highest BCUT2D eigenvalue weighted by Crippen LogP contribution is 2.58. The minimum absolute atomic E-state index is 0. The van der Waals surface area contributed by atoms with Crippen molar-refractivity contribution >= 4 is 18.3 Å². The maximum atomic E-state index is 13.0. The molecule has 1 amide bonds. The largest absolute Gasteiger partial charge is 0.391 e. The molecule has 4 nitrogen and oxygen atoms in total. The van der Waals surface area contributed by atoms with Crippen molar-refractivity contribution in [3.05, 3.63) is 0 Å². The van der Waals surface area contributed by atoms with Crippen LogP contribution in [0.3, 0.4) is 0 Å². The van der Waals surface area contributed by atoms with Crippen LogP contribution in [0.1, 0.15) is 39.5 Å². The summed E-state index contributed by atoms with van der Waals surface area (Å²) in [5.74, 6) is -1.53. The van der Waals surface area contributed by atoms with E-state index in [1.807, 2.05) is 13.8 Å². The fourth-order valence-corrected chi connectivity index (χ4v) is 4.68. The van der Waals surface area contributed by atoms with Crippen molar-refractivity contribution in [1.29, 1.82) is 0 Å². The fraction of sp³-hybridized carbons (Fsp3) is 0.938. The summed E-state index contributed by atoms with van der Waals surface area (Å²) in [5.41, 5.74) is 5.02. The highest BCUT2D eigenvalue weighted by atomic mass is 35.5. The quantitative estimate of drug-likeness (QED) is 0.772. The number of carbonyl (C=O) groups excluding carboxylic acids is 1. The Bertz CT molecular complexity index is 492. The van der Waals surface area contributed by atoms with Crippen molar-refractivity contribution in [2.24, 2.45) is 23.0 Å². The minimum Gasteiger partial charge on any atom is -0.377 e. The monoisotopic (exact) mass is 370 g/mol. The van der Waals surface area contributed by atoms with Crippen LogP contribution in [0.25, 0.3) is 0 Å². The van der Waals surface area contributed by atoms with Gasteiger partial charge in [-0.05, 0) is 25.7 Å². The Morgan fingerprint density at radius 1 is 1.21 bits per heavy atom. The molecule has 2 N–H and O–H groups in total. The molecule has 1 saturated carbocycles. The average molecular weight is 371 g/mol. The number of carbonyl (C=O) groups is 1. The molecule has 0 aromatic rings. The van der Waals surface area contributed by atoms with Crippen molar-refractivity contribution in [1.82, 2.24) is 4.90 Å². The van der Waals surface area contributed by atoms with Gasteiger partial charge in [0.05, 0.1) is 12.0 Å². The first kappa shape index (κ1) is 19.8. The van der Waals surface area contributed by atoms with E-state index in [0.717, 1.165) is 12.8 Å². The molecule has 3 unspecified atom stereocenters. The molecular weight excluding hydrogens is 345 g/mol. The molecule has 8 heteroatoms. The number of hydrogen-bond donors (Lipinski definition) is 1. The third-order valence-corrected chi connectivity index (χ3v) is 6.28. The Kier molecular flexibility index (Phi) is 5.21. The summed E-state index contributed by atoms with van der Waals surface area (Å²) in [5, 5.41) is 0. The first-order valence-corrected chi connectivity index (χ1v) is 8.36. The number of halogens is 4. The maximum absolute atomic E-state index is 13.0. The predicted molar refractivity (Wildman–Crippen MR) is 85.8 cm³/mol. The number of rotatable bonds is 1. The molecule has 2 saturated heterocycles. The summed E-state index contributed by atoms with van der Waals surface area (Å²) in [4.78, 5) is 14.5.